The zero-order valence-corrected chi connectivity index (χ0v) is 20.3. The summed E-state index contributed by atoms with van der Waals surface area (Å²) < 4.78 is 20.0. The Bertz CT molecular complexity index is 1230. The summed E-state index contributed by atoms with van der Waals surface area (Å²) in [5.74, 6) is -1.52. The number of hydrogen-bond donors (Lipinski definition) is 0. The zero-order valence-electron chi connectivity index (χ0n) is 20.3. The molecule has 0 saturated carbocycles. The molecule has 6 nitrogen and oxygen atoms in total. The first-order valence-corrected chi connectivity index (χ1v) is 11.0. The Morgan fingerprint density at radius 2 is 1.59 bits per heavy atom. The molecule has 1 unspecified atom stereocenters. The quantitative estimate of drug-likeness (QED) is 0.372. The molecule has 0 aliphatic carbocycles. The summed E-state index contributed by atoms with van der Waals surface area (Å²) in [6.45, 7) is 7.17. The van der Waals surface area contributed by atoms with Crippen molar-refractivity contribution >= 4 is 17.7 Å². The molecule has 0 fully saturated rings. The van der Waals surface area contributed by atoms with Gasteiger partial charge in [0, 0.05) is 30.4 Å². The topological polar surface area (TPSA) is 68.6 Å². The summed E-state index contributed by atoms with van der Waals surface area (Å²) in [7, 11) is 2.99. The van der Waals surface area contributed by atoms with Crippen LogP contribution in [0.25, 0.3) is 0 Å². The predicted molar refractivity (Wildman–Crippen MR) is 127 cm³/mol. The van der Waals surface area contributed by atoms with Crippen molar-refractivity contribution in [2.24, 2.45) is 7.05 Å². The largest absolute Gasteiger partial charge is 0.464 e. The van der Waals surface area contributed by atoms with E-state index in [4.69, 9.17) is 4.74 Å². The van der Waals surface area contributed by atoms with Crippen molar-refractivity contribution in [1.29, 1.82) is 0 Å². The molecule has 0 spiro atoms. The van der Waals surface area contributed by atoms with Gasteiger partial charge in [0.05, 0.1) is 13.2 Å². The maximum Gasteiger partial charge on any atom is 0.354 e. The average Bonchev–Trinajstić information content (AvgIpc) is 3.05. The van der Waals surface area contributed by atoms with Crippen LogP contribution in [0.4, 0.5) is 4.39 Å². The lowest BCUT2D eigenvalue weighted by Crippen LogP contribution is -2.43. The third kappa shape index (κ3) is 4.78. The summed E-state index contributed by atoms with van der Waals surface area (Å²) in [6.07, 6.45) is 0. The van der Waals surface area contributed by atoms with Gasteiger partial charge in [-0.3, -0.25) is 9.59 Å². The van der Waals surface area contributed by atoms with E-state index < -0.39 is 12.0 Å². The highest BCUT2D eigenvalue weighted by atomic mass is 19.1. The van der Waals surface area contributed by atoms with Crippen LogP contribution in [0.1, 0.15) is 60.5 Å². The van der Waals surface area contributed by atoms with Crippen LogP contribution in [0.5, 0.6) is 0 Å². The Morgan fingerprint density at radius 3 is 2.15 bits per heavy atom. The van der Waals surface area contributed by atoms with E-state index in [1.54, 1.807) is 56.7 Å². The van der Waals surface area contributed by atoms with Crippen molar-refractivity contribution in [3.05, 3.63) is 93.6 Å². The molecule has 0 saturated heterocycles. The Labute approximate surface area is 199 Å². The second-order valence-corrected chi connectivity index (χ2v) is 8.45. The Morgan fingerprint density at radius 1 is 1.00 bits per heavy atom. The van der Waals surface area contributed by atoms with Gasteiger partial charge in [-0.25, -0.2) is 9.18 Å². The van der Waals surface area contributed by atoms with E-state index in [0.29, 0.717) is 33.6 Å². The molecule has 0 radical (unpaired) electrons. The fourth-order valence-electron chi connectivity index (χ4n) is 4.11. The fraction of sp³-hybridized carbons (Fsp3) is 0.296. The number of amides is 1. The average molecular weight is 465 g/mol. The van der Waals surface area contributed by atoms with E-state index in [2.05, 4.69) is 0 Å². The highest BCUT2D eigenvalue weighted by Gasteiger charge is 2.33. The smallest absolute Gasteiger partial charge is 0.354 e. The number of methoxy groups -OCH3 is 1. The number of nitrogens with zero attached hydrogens (tertiary/aromatic N) is 2. The Kier molecular flexibility index (Phi) is 7.35. The number of Topliss-reactive ketones (excluding diaryl/α,β-unsaturated/α-hetero) is 1. The molecular formula is C27H29FN2O4. The van der Waals surface area contributed by atoms with Crippen molar-refractivity contribution in [3.8, 4) is 0 Å². The van der Waals surface area contributed by atoms with Crippen LogP contribution in [0.15, 0.2) is 48.5 Å². The van der Waals surface area contributed by atoms with Crippen LogP contribution < -0.4 is 0 Å². The number of aryl methyl sites for hydroxylation is 1. The number of halogens is 1. The molecule has 1 aromatic heterocycles. The standard InChI is InChI=1S/C27H29FN2O4/c1-16-7-11-21(12-8-16)26(32)30(15-20-9-13-22(28)14-10-20)19(4)25(31)23-17(2)24(27(33)34-6)29(5)18(23)3/h7-14,19H,15H2,1-6H3. The Balaban J connectivity index is 2.04. The number of carbonyl (C=O) groups excluding carboxylic acids is 3. The normalized spacial score (nSPS) is 11.7. The number of ketones is 1. The number of esters is 1. The van der Waals surface area contributed by atoms with Gasteiger partial charge >= 0.3 is 5.97 Å². The van der Waals surface area contributed by atoms with E-state index in [0.717, 1.165) is 5.56 Å². The lowest BCUT2D eigenvalue weighted by Gasteiger charge is -2.29. The second-order valence-electron chi connectivity index (χ2n) is 8.45. The number of ether oxygens (including phenoxy) is 1. The number of rotatable bonds is 7. The number of benzene rings is 2. The van der Waals surface area contributed by atoms with Gasteiger partial charge < -0.3 is 14.2 Å². The molecule has 1 amide bonds. The van der Waals surface area contributed by atoms with E-state index >= 15 is 0 Å². The van der Waals surface area contributed by atoms with Crippen LogP contribution in [0, 0.1) is 26.6 Å². The maximum absolute atomic E-state index is 13.7. The van der Waals surface area contributed by atoms with E-state index in [9.17, 15) is 18.8 Å². The molecule has 1 atom stereocenters. The van der Waals surface area contributed by atoms with Gasteiger partial charge in [-0.2, -0.15) is 0 Å². The molecule has 178 valence electrons. The van der Waals surface area contributed by atoms with Gasteiger partial charge in [0.2, 0.25) is 0 Å². The highest BCUT2D eigenvalue weighted by Crippen LogP contribution is 2.26. The minimum atomic E-state index is -0.843. The van der Waals surface area contributed by atoms with Gasteiger partial charge in [-0.05, 0) is 63.1 Å². The SMILES string of the molecule is COC(=O)c1c(C)c(C(=O)C(C)N(Cc2ccc(F)cc2)C(=O)c2ccc(C)cc2)c(C)n1C. The van der Waals surface area contributed by atoms with Crippen molar-refractivity contribution in [2.45, 2.75) is 40.3 Å². The van der Waals surface area contributed by atoms with Crippen molar-refractivity contribution in [3.63, 3.8) is 0 Å². The van der Waals surface area contributed by atoms with E-state index in [-0.39, 0.29) is 24.1 Å². The summed E-state index contributed by atoms with van der Waals surface area (Å²) in [5, 5.41) is 0. The minimum absolute atomic E-state index is 0.120. The highest BCUT2D eigenvalue weighted by molar-refractivity contribution is 6.07. The Hall–Kier alpha value is -3.74. The molecule has 2 aromatic carbocycles. The molecule has 3 aromatic rings. The van der Waals surface area contributed by atoms with Crippen LogP contribution in [-0.4, -0.2) is 40.3 Å². The first-order valence-electron chi connectivity index (χ1n) is 11.0. The molecule has 34 heavy (non-hydrogen) atoms. The van der Waals surface area contributed by atoms with Crippen LogP contribution in [0.3, 0.4) is 0 Å². The second kappa shape index (κ2) is 10.0. The van der Waals surface area contributed by atoms with Gasteiger partial charge in [-0.15, -0.1) is 0 Å². The number of aromatic nitrogens is 1. The van der Waals surface area contributed by atoms with Gasteiger partial charge in [0.1, 0.15) is 11.5 Å². The molecule has 0 N–H and O–H groups in total. The van der Waals surface area contributed by atoms with Crippen molar-refractivity contribution in [1.82, 2.24) is 9.47 Å². The number of carbonyl (C=O) groups is 3. The third-order valence-electron chi connectivity index (χ3n) is 6.23. The van der Waals surface area contributed by atoms with Gasteiger partial charge in [-0.1, -0.05) is 29.8 Å². The molecule has 7 heteroatoms. The third-order valence-corrected chi connectivity index (χ3v) is 6.23. The fourth-order valence-corrected chi connectivity index (χ4v) is 4.11. The minimum Gasteiger partial charge on any atom is -0.464 e. The van der Waals surface area contributed by atoms with E-state index in [1.807, 2.05) is 19.1 Å². The van der Waals surface area contributed by atoms with Crippen LogP contribution >= 0.6 is 0 Å². The summed E-state index contributed by atoms with van der Waals surface area (Å²) >= 11 is 0. The molecule has 0 aliphatic heterocycles. The molecule has 0 aliphatic rings. The number of hydrogen-bond acceptors (Lipinski definition) is 4. The van der Waals surface area contributed by atoms with E-state index in [1.165, 1.54) is 24.1 Å². The summed E-state index contributed by atoms with van der Waals surface area (Å²) in [6, 6.07) is 12.1. The van der Waals surface area contributed by atoms with Gasteiger partial charge in [0.15, 0.2) is 5.78 Å². The van der Waals surface area contributed by atoms with Gasteiger partial charge in [0.25, 0.3) is 5.91 Å². The van der Waals surface area contributed by atoms with Crippen molar-refractivity contribution in [2.75, 3.05) is 7.11 Å². The molecule has 0 bridgehead atoms. The van der Waals surface area contributed by atoms with Crippen LogP contribution in [0.2, 0.25) is 0 Å². The summed E-state index contributed by atoms with van der Waals surface area (Å²) in [5.41, 5.74) is 3.95. The first kappa shape index (κ1) is 24.9. The molecular weight excluding hydrogens is 435 g/mol. The zero-order chi connectivity index (χ0) is 25.2. The summed E-state index contributed by atoms with van der Waals surface area (Å²) in [4.78, 5) is 41.0. The molecule has 3 rings (SSSR count). The molecule has 1 heterocycles. The predicted octanol–water partition coefficient (Wildman–Crippen LogP) is 4.79. The van der Waals surface area contributed by atoms with Crippen LogP contribution in [-0.2, 0) is 18.3 Å². The van der Waals surface area contributed by atoms with Crippen molar-refractivity contribution < 1.29 is 23.5 Å². The lowest BCUT2D eigenvalue weighted by atomic mass is 9.98. The maximum atomic E-state index is 13.7. The first-order chi connectivity index (χ1) is 16.1. The lowest BCUT2D eigenvalue weighted by molar-refractivity contribution is 0.0587. The monoisotopic (exact) mass is 464 g/mol.